The lowest BCUT2D eigenvalue weighted by Gasteiger charge is -2.06. The maximum atomic E-state index is 12.9. The van der Waals surface area contributed by atoms with Gasteiger partial charge in [-0.15, -0.1) is 11.3 Å². The minimum absolute atomic E-state index is 0.171. The highest BCUT2D eigenvalue weighted by Crippen LogP contribution is 2.27. The third kappa shape index (κ3) is 5.16. The minimum atomic E-state index is -0.742. The van der Waals surface area contributed by atoms with Crippen LogP contribution >= 0.6 is 11.3 Å². The molecule has 0 atom stereocenters. The smallest absolute Gasteiger partial charge is 0.342 e. The maximum Gasteiger partial charge on any atom is 0.342 e. The van der Waals surface area contributed by atoms with Crippen molar-refractivity contribution in [2.75, 3.05) is 13.7 Å². The summed E-state index contributed by atoms with van der Waals surface area (Å²) in [6.45, 7) is -0.607. The molecule has 0 bridgehead atoms. The zero-order chi connectivity index (χ0) is 23.2. The lowest BCUT2D eigenvalue weighted by atomic mass is 10.1. The molecule has 1 N–H and O–H groups in total. The largest absolute Gasteiger partial charge is 0.497 e. The summed E-state index contributed by atoms with van der Waals surface area (Å²) < 4.78 is 12.0. The molecule has 0 aliphatic heterocycles. The molecule has 166 valence electrons. The van der Waals surface area contributed by atoms with Crippen molar-refractivity contribution in [2.45, 2.75) is 0 Å². The fraction of sp³-hybridized carbons (Fsp3) is 0.0833. The Balaban J connectivity index is 1.56. The summed E-state index contributed by atoms with van der Waals surface area (Å²) in [7, 11) is 1.55. The van der Waals surface area contributed by atoms with Crippen molar-refractivity contribution in [1.82, 2.24) is 15.1 Å². The molecule has 0 saturated carbocycles. The molecule has 0 unspecified atom stereocenters. The summed E-state index contributed by atoms with van der Waals surface area (Å²) in [4.78, 5) is 37.4. The summed E-state index contributed by atoms with van der Waals surface area (Å²) in [5, 5.41) is 8.49. The van der Waals surface area contributed by atoms with Gasteiger partial charge in [0.05, 0.1) is 17.7 Å². The molecule has 8 nitrogen and oxygen atoms in total. The second-order valence-electron chi connectivity index (χ2n) is 6.83. The highest BCUT2D eigenvalue weighted by molar-refractivity contribution is 7.12. The number of carbonyl (C=O) groups excluding carboxylic acids is 3. The van der Waals surface area contributed by atoms with Gasteiger partial charge in [-0.1, -0.05) is 36.4 Å². The number of thiophene rings is 1. The van der Waals surface area contributed by atoms with E-state index >= 15 is 0 Å². The quantitative estimate of drug-likeness (QED) is 0.421. The summed E-state index contributed by atoms with van der Waals surface area (Å²) >= 11 is 1.20. The van der Waals surface area contributed by atoms with E-state index < -0.39 is 24.4 Å². The number of hydrogen-bond acceptors (Lipinski definition) is 7. The van der Waals surface area contributed by atoms with Crippen molar-refractivity contribution >= 4 is 29.1 Å². The predicted molar refractivity (Wildman–Crippen MR) is 123 cm³/mol. The molecule has 0 radical (unpaired) electrons. The number of imide groups is 1. The van der Waals surface area contributed by atoms with Gasteiger partial charge in [0, 0.05) is 11.8 Å². The van der Waals surface area contributed by atoms with Crippen molar-refractivity contribution < 1.29 is 23.9 Å². The number of esters is 1. The average Bonchev–Trinajstić information content (AvgIpc) is 3.54. The molecule has 2 aromatic carbocycles. The van der Waals surface area contributed by atoms with E-state index in [9.17, 15) is 14.4 Å². The van der Waals surface area contributed by atoms with Crippen LogP contribution in [0.25, 0.3) is 16.9 Å². The lowest BCUT2D eigenvalue weighted by molar-refractivity contribution is -0.123. The fourth-order valence-corrected chi connectivity index (χ4v) is 3.68. The zero-order valence-corrected chi connectivity index (χ0v) is 18.4. The Morgan fingerprint density at radius 1 is 1.03 bits per heavy atom. The van der Waals surface area contributed by atoms with Gasteiger partial charge in [-0.05, 0) is 35.7 Å². The molecule has 0 aliphatic rings. The van der Waals surface area contributed by atoms with Gasteiger partial charge in [0.2, 0.25) is 0 Å². The van der Waals surface area contributed by atoms with Crippen LogP contribution in [0.5, 0.6) is 5.75 Å². The van der Waals surface area contributed by atoms with Crippen LogP contribution in [-0.4, -0.2) is 41.3 Å². The SMILES string of the molecule is COc1cccc(-c2nn(-c3ccccc3)cc2C(=O)OCC(=O)NC(=O)c2cccs2)c1. The molecule has 0 aliphatic carbocycles. The summed E-state index contributed by atoms with van der Waals surface area (Å²) in [5.74, 6) is -1.40. The normalized spacial score (nSPS) is 10.5. The molecule has 0 saturated heterocycles. The number of benzene rings is 2. The zero-order valence-electron chi connectivity index (χ0n) is 17.6. The van der Waals surface area contributed by atoms with Gasteiger partial charge in [-0.25, -0.2) is 9.48 Å². The van der Waals surface area contributed by atoms with Gasteiger partial charge in [-0.2, -0.15) is 5.10 Å². The van der Waals surface area contributed by atoms with Gasteiger partial charge < -0.3 is 9.47 Å². The van der Waals surface area contributed by atoms with Crippen molar-refractivity contribution in [2.24, 2.45) is 0 Å². The van der Waals surface area contributed by atoms with Gasteiger partial charge in [0.15, 0.2) is 6.61 Å². The van der Waals surface area contributed by atoms with Gasteiger partial charge in [-0.3, -0.25) is 14.9 Å². The number of methoxy groups -OCH3 is 1. The molecular formula is C24H19N3O5S. The lowest BCUT2D eigenvalue weighted by Crippen LogP contribution is -2.33. The molecule has 2 heterocycles. The Labute approximate surface area is 193 Å². The molecule has 0 fully saturated rings. The Kier molecular flexibility index (Phi) is 6.61. The Morgan fingerprint density at radius 2 is 1.85 bits per heavy atom. The van der Waals surface area contributed by atoms with Crippen molar-refractivity contribution in [3.8, 4) is 22.7 Å². The first kappa shape index (κ1) is 22.0. The van der Waals surface area contributed by atoms with Crippen LogP contribution in [0.1, 0.15) is 20.0 Å². The molecular weight excluding hydrogens is 442 g/mol. The number of hydrogen-bond donors (Lipinski definition) is 1. The van der Waals surface area contributed by atoms with Crippen LogP contribution in [-0.2, 0) is 9.53 Å². The molecule has 33 heavy (non-hydrogen) atoms. The first-order chi connectivity index (χ1) is 16.0. The number of ether oxygens (including phenoxy) is 2. The van der Waals surface area contributed by atoms with E-state index in [1.165, 1.54) is 11.3 Å². The first-order valence-electron chi connectivity index (χ1n) is 9.89. The average molecular weight is 461 g/mol. The Morgan fingerprint density at radius 3 is 2.58 bits per heavy atom. The third-order valence-electron chi connectivity index (χ3n) is 4.63. The maximum absolute atomic E-state index is 12.9. The number of para-hydroxylation sites is 1. The highest BCUT2D eigenvalue weighted by Gasteiger charge is 2.22. The van der Waals surface area contributed by atoms with Gasteiger partial charge >= 0.3 is 5.97 Å². The predicted octanol–water partition coefficient (Wildman–Crippen LogP) is 3.72. The first-order valence-corrected chi connectivity index (χ1v) is 10.8. The highest BCUT2D eigenvalue weighted by atomic mass is 32.1. The van der Waals surface area contributed by atoms with Gasteiger partial charge in [0.25, 0.3) is 11.8 Å². The van der Waals surface area contributed by atoms with Crippen molar-refractivity contribution in [1.29, 1.82) is 0 Å². The number of carbonyl (C=O) groups is 3. The number of nitrogens with zero attached hydrogens (tertiary/aromatic N) is 2. The number of aromatic nitrogens is 2. The van der Waals surface area contributed by atoms with E-state index in [0.717, 1.165) is 5.69 Å². The molecule has 0 spiro atoms. The number of rotatable bonds is 7. The molecule has 4 rings (SSSR count). The van der Waals surface area contributed by atoms with E-state index in [0.29, 0.717) is 21.9 Å². The molecule has 2 aromatic heterocycles. The second-order valence-corrected chi connectivity index (χ2v) is 7.78. The van der Waals surface area contributed by atoms with E-state index in [1.807, 2.05) is 30.3 Å². The number of amides is 2. The van der Waals surface area contributed by atoms with Crippen LogP contribution in [0.4, 0.5) is 0 Å². The van der Waals surface area contributed by atoms with Crippen LogP contribution in [0, 0.1) is 0 Å². The van der Waals surface area contributed by atoms with E-state index in [1.54, 1.807) is 59.8 Å². The van der Waals surface area contributed by atoms with Crippen LogP contribution in [0.15, 0.2) is 78.3 Å². The third-order valence-corrected chi connectivity index (χ3v) is 5.50. The minimum Gasteiger partial charge on any atom is -0.497 e. The Hall–Kier alpha value is -4.24. The van der Waals surface area contributed by atoms with Crippen molar-refractivity contribution in [3.05, 3.63) is 88.7 Å². The number of nitrogens with one attached hydrogen (secondary N) is 1. The van der Waals surface area contributed by atoms with Crippen LogP contribution in [0.3, 0.4) is 0 Å². The second kappa shape index (κ2) is 9.92. The molecule has 2 amide bonds. The van der Waals surface area contributed by atoms with Crippen molar-refractivity contribution in [3.63, 3.8) is 0 Å². The monoisotopic (exact) mass is 461 g/mol. The summed E-state index contributed by atoms with van der Waals surface area (Å²) in [6, 6.07) is 19.7. The van der Waals surface area contributed by atoms with Gasteiger partial charge in [0.1, 0.15) is 17.0 Å². The van der Waals surface area contributed by atoms with Crippen LogP contribution in [0.2, 0.25) is 0 Å². The molecule has 4 aromatic rings. The fourth-order valence-electron chi connectivity index (χ4n) is 3.06. The topological polar surface area (TPSA) is 99.5 Å². The van der Waals surface area contributed by atoms with Crippen LogP contribution < -0.4 is 10.1 Å². The molecule has 9 heteroatoms. The Bertz CT molecular complexity index is 1280. The van der Waals surface area contributed by atoms with E-state index in [2.05, 4.69) is 10.4 Å². The standard InChI is InChI=1S/C24H19N3O5S/c1-31-18-10-5-7-16(13-18)22-19(14-27(26-22)17-8-3-2-4-9-17)24(30)32-15-21(28)25-23(29)20-11-6-12-33-20/h2-14H,15H2,1H3,(H,25,28,29). The van der Waals surface area contributed by atoms with E-state index in [-0.39, 0.29) is 5.56 Å². The summed E-state index contributed by atoms with van der Waals surface area (Å²) in [5.41, 5.74) is 1.94. The van der Waals surface area contributed by atoms with E-state index in [4.69, 9.17) is 9.47 Å². The summed E-state index contributed by atoms with van der Waals surface area (Å²) in [6.07, 6.45) is 1.54.